The number of fused-ring (bicyclic) bond motifs is 2. The van der Waals surface area contributed by atoms with Gasteiger partial charge in [0.1, 0.15) is 12.4 Å². The first-order valence-electron chi connectivity index (χ1n) is 12.9. The van der Waals surface area contributed by atoms with Gasteiger partial charge in [-0.25, -0.2) is 0 Å². The predicted molar refractivity (Wildman–Crippen MR) is 145 cm³/mol. The molecule has 0 radical (unpaired) electrons. The van der Waals surface area contributed by atoms with E-state index >= 15 is 0 Å². The van der Waals surface area contributed by atoms with Crippen LogP contribution in [0.25, 0.3) is 0 Å². The second kappa shape index (κ2) is 11.9. The highest BCUT2D eigenvalue weighted by atomic mass is 35.5. The third-order valence-corrected chi connectivity index (χ3v) is 6.79. The van der Waals surface area contributed by atoms with E-state index in [1.807, 2.05) is 74.5 Å². The lowest BCUT2D eigenvalue weighted by molar-refractivity contribution is -0.180. The quantitative estimate of drug-likeness (QED) is 0.342. The van der Waals surface area contributed by atoms with Gasteiger partial charge in [0.05, 0.1) is 25.9 Å². The Morgan fingerprint density at radius 2 is 1.82 bits per heavy atom. The molecule has 202 valence electrons. The van der Waals surface area contributed by atoms with E-state index in [1.165, 1.54) is 0 Å². The summed E-state index contributed by atoms with van der Waals surface area (Å²) in [6.07, 6.45) is 0.00290. The highest BCUT2D eigenvalue weighted by Gasteiger charge is 2.27. The summed E-state index contributed by atoms with van der Waals surface area (Å²) in [6, 6.07) is 19.4. The van der Waals surface area contributed by atoms with Gasteiger partial charge >= 0.3 is 0 Å². The fourth-order valence-corrected chi connectivity index (χ4v) is 4.57. The van der Waals surface area contributed by atoms with Gasteiger partial charge in [0.2, 0.25) is 5.79 Å². The standard InChI is InChI=1S/C30H34ClNO6/c1-30(2)36-17-23-14-22(6-10-27(23)38-30)26(33)15-32-12-11-20-5-9-28-29(13-20)37-25(19-35-28)18-34-16-21-3-7-24(31)8-4-21/h3-10,13-14,25-26,32-33H,11-12,15-19H2,1-2H3/t25-,26+/m1/s1. The molecule has 0 amide bonds. The maximum Gasteiger partial charge on any atom is 0.205 e. The Labute approximate surface area is 228 Å². The van der Waals surface area contributed by atoms with Crippen LogP contribution in [0.3, 0.4) is 0 Å². The smallest absolute Gasteiger partial charge is 0.205 e. The number of rotatable bonds is 10. The zero-order chi connectivity index (χ0) is 26.5. The molecule has 0 bridgehead atoms. The van der Waals surface area contributed by atoms with Crippen molar-refractivity contribution in [3.63, 3.8) is 0 Å². The first-order valence-corrected chi connectivity index (χ1v) is 13.3. The van der Waals surface area contributed by atoms with Crippen molar-refractivity contribution in [2.24, 2.45) is 0 Å². The summed E-state index contributed by atoms with van der Waals surface area (Å²) >= 11 is 5.94. The molecule has 3 aromatic carbocycles. The molecular formula is C30H34ClNO6. The summed E-state index contributed by atoms with van der Waals surface area (Å²) in [5.41, 5.74) is 3.98. The summed E-state index contributed by atoms with van der Waals surface area (Å²) in [5.74, 6) is 1.65. The number of aliphatic hydroxyl groups excluding tert-OH is 1. The van der Waals surface area contributed by atoms with Crippen molar-refractivity contribution in [1.29, 1.82) is 0 Å². The first kappa shape index (κ1) is 26.8. The van der Waals surface area contributed by atoms with Gasteiger partial charge in [-0.1, -0.05) is 35.9 Å². The monoisotopic (exact) mass is 539 g/mol. The number of ether oxygens (including phenoxy) is 5. The maximum atomic E-state index is 10.7. The largest absolute Gasteiger partial charge is 0.486 e. The molecule has 0 aromatic heterocycles. The van der Waals surface area contributed by atoms with Gasteiger partial charge in [-0.3, -0.25) is 0 Å². The third-order valence-electron chi connectivity index (χ3n) is 6.54. The van der Waals surface area contributed by atoms with E-state index in [0.717, 1.165) is 52.5 Å². The van der Waals surface area contributed by atoms with E-state index in [4.69, 9.17) is 35.3 Å². The van der Waals surface area contributed by atoms with Crippen LogP contribution in [0.4, 0.5) is 0 Å². The molecule has 2 N–H and O–H groups in total. The zero-order valence-corrected chi connectivity index (χ0v) is 22.5. The van der Waals surface area contributed by atoms with Gasteiger partial charge in [0.25, 0.3) is 0 Å². The van der Waals surface area contributed by atoms with E-state index in [9.17, 15) is 5.11 Å². The molecule has 2 heterocycles. The Balaban J connectivity index is 1.06. The Kier molecular flexibility index (Phi) is 8.41. The van der Waals surface area contributed by atoms with E-state index in [2.05, 4.69) is 5.32 Å². The van der Waals surface area contributed by atoms with Crippen molar-refractivity contribution < 1.29 is 28.8 Å². The third kappa shape index (κ3) is 6.98. The van der Waals surface area contributed by atoms with Crippen molar-refractivity contribution >= 4 is 11.6 Å². The Bertz CT molecular complexity index is 1230. The highest BCUT2D eigenvalue weighted by Crippen LogP contribution is 2.34. The lowest BCUT2D eigenvalue weighted by Crippen LogP contribution is -2.35. The van der Waals surface area contributed by atoms with Gasteiger partial charge in [-0.05, 0) is 66.1 Å². The normalized spacial score (nSPS) is 18.4. The Morgan fingerprint density at radius 3 is 2.66 bits per heavy atom. The Morgan fingerprint density at radius 1 is 1.03 bits per heavy atom. The SMILES string of the molecule is CC1(C)OCc2cc([C@@H](O)CNCCc3ccc4c(c3)O[C@H](COCc3ccc(Cl)cc3)CO4)ccc2O1. The van der Waals surface area contributed by atoms with Gasteiger partial charge in [0, 0.05) is 31.0 Å². The van der Waals surface area contributed by atoms with Crippen LogP contribution in [0.2, 0.25) is 5.02 Å². The number of hydrogen-bond acceptors (Lipinski definition) is 7. The molecule has 0 saturated carbocycles. The van der Waals surface area contributed by atoms with Crippen LogP contribution in [0.1, 0.15) is 42.2 Å². The van der Waals surface area contributed by atoms with Crippen molar-refractivity contribution in [3.05, 3.63) is 87.9 Å². The summed E-state index contributed by atoms with van der Waals surface area (Å²) < 4.78 is 29.4. The number of halogens is 1. The molecule has 0 saturated heterocycles. The highest BCUT2D eigenvalue weighted by molar-refractivity contribution is 6.30. The van der Waals surface area contributed by atoms with Crippen LogP contribution >= 0.6 is 11.6 Å². The predicted octanol–water partition coefficient (Wildman–Crippen LogP) is 5.21. The van der Waals surface area contributed by atoms with E-state index in [-0.39, 0.29) is 6.10 Å². The molecule has 2 aliphatic heterocycles. The summed E-state index contributed by atoms with van der Waals surface area (Å²) in [5, 5.41) is 14.7. The van der Waals surface area contributed by atoms with Crippen LogP contribution in [0.5, 0.6) is 17.2 Å². The van der Waals surface area contributed by atoms with Crippen molar-refractivity contribution in [2.75, 3.05) is 26.3 Å². The van der Waals surface area contributed by atoms with E-state index < -0.39 is 11.9 Å². The topological polar surface area (TPSA) is 78.4 Å². The fraction of sp³-hybridized carbons (Fsp3) is 0.400. The molecule has 2 aliphatic rings. The maximum absolute atomic E-state index is 10.7. The number of benzene rings is 3. The molecule has 0 unspecified atom stereocenters. The Hall–Kier alpha value is -2.81. The van der Waals surface area contributed by atoms with Crippen molar-refractivity contribution in [1.82, 2.24) is 5.32 Å². The molecule has 8 heteroatoms. The van der Waals surface area contributed by atoms with Crippen LogP contribution in [0, 0.1) is 0 Å². The molecular weight excluding hydrogens is 506 g/mol. The minimum absolute atomic E-state index is 0.170. The molecule has 0 spiro atoms. The van der Waals surface area contributed by atoms with Crippen molar-refractivity contribution in [2.45, 2.75) is 51.5 Å². The van der Waals surface area contributed by atoms with Crippen LogP contribution in [-0.4, -0.2) is 43.3 Å². The number of nitrogens with one attached hydrogen (secondary N) is 1. The van der Waals surface area contributed by atoms with E-state index in [0.29, 0.717) is 38.0 Å². The molecule has 0 fully saturated rings. The van der Waals surface area contributed by atoms with Gasteiger partial charge in [0.15, 0.2) is 17.6 Å². The summed E-state index contributed by atoms with van der Waals surface area (Å²) in [6.45, 7) is 6.79. The van der Waals surface area contributed by atoms with Gasteiger partial charge in [-0.15, -0.1) is 0 Å². The minimum Gasteiger partial charge on any atom is -0.486 e. The minimum atomic E-state index is -0.630. The van der Waals surface area contributed by atoms with Crippen molar-refractivity contribution in [3.8, 4) is 17.2 Å². The summed E-state index contributed by atoms with van der Waals surface area (Å²) in [4.78, 5) is 0. The lowest BCUT2D eigenvalue weighted by atomic mass is 10.0. The van der Waals surface area contributed by atoms with Crippen LogP contribution in [-0.2, 0) is 29.1 Å². The number of hydrogen-bond donors (Lipinski definition) is 2. The first-order chi connectivity index (χ1) is 18.3. The van der Waals surface area contributed by atoms with Crippen LogP contribution in [0.15, 0.2) is 60.7 Å². The lowest BCUT2D eigenvalue weighted by Gasteiger charge is -2.33. The molecule has 0 aliphatic carbocycles. The second-order valence-electron chi connectivity index (χ2n) is 10.1. The molecule has 5 rings (SSSR count). The second-order valence-corrected chi connectivity index (χ2v) is 10.5. The van der Waals surface area contributed by atoms with Gasteiger partial charge < -0.3 is 34.1 Å². The average molecular weight is 540 g/mol. The molecule has 7 nitrogen and oxygen atoms in total. The fourth-order valence-electron chi connectivity index (χ4n) is 4.44. The van der Waals surface area contributed by atoms with E-state index in [1.54, 1.807) is 0 Å². The molecule has 2 atom stereocenters. The molecule has 3 aromatic rings. The van der Waals surface area contributed by atoms with Gasteiger partial charge in [-0.2, -0.15) is 0 Å². The number of aliphatic hydroxyl groups is 1. The zero-order valence-electron chi connectivity index (χ0n) is 21.7. The summed E-state index contributed by atoms with van der Waals surface area (Å²) in [7, 11) is 0. The average Bonchev–Trinajstić information content (AvgIpc) is 2.91. The molecule has 38 heavy (non-hydrogen) atoms. The van der Waals surface area contributed by atoms with Crippen LogP contribution < -0.4 is 19.5 Å².